The summed E-state index contributed by atoms with van der Waals surface area (Å²) in [6.45, 7) is 0. The molecule has 0 radical (unpaired) electrons. The van der Waals surface area contributed by atoms with Crippen LogP contribution < -0.4 is 10.8 Å². The van der Waals surface area contributed by atoms with Crippen molar-refractivity contribution in [3.05, 3.63) is 65.2 Å². The number of rotatable bonds is 7. The molecule has 0 heterocycles. The van der Waals surface area contributed by atoms with E-state index in [-0.39, 0.29) is 29.3 Å². The zero-order valence-electron chi connectivity index (χ0n) is 16.2. The molecule has 0 saturated heterocycles. The number of phenolic OH excluding ortho intramolecular Hbond substituents is 1. The van der Waals surface area contributed by atoms with E-state index in [0.29, 0.717) is 22.0 Å². The van der Waals surface area contributed by atoms with Gasteiger partial charge in [-0.25, -0.2) is 0 Å². The summed E-state index contributed by atoms with van der Waals surface area (Å²) in [5, 5.41) is 22.9. The van der Waals surface area contributed by atoms with Crippen molar-refractivity contribution < 1.29 is 28.3 Å². The molecule has 4 N–H and O–H groups in total. The lowest BCUT2D eigenvalue weighted by Crippen LogP contribution is -2.18. The number of para-hydroxylation sites is 2. The van der Waals surface area contributed by atoms with Crippen LogP contribution in [0.15, 0.2) is 54.6 Å². The van der Waals surface area contributed by atoms with Crippen LogP contribution in [0.5, 0.6) is 5.75 Å². The number of aromatic hydroxyl groups is 1. The molecule has 0 bridgehead atoms. The molecule has 164 valence electrons. The molecule has 1 amide bonds. The molecular formula is C22H20ClF3N2O3. The number of carbonyl (C=O) groups excluding carboxylic acids is 1. The summed E-state index contributed by atoms with van der Waals surface area (Å²) in [5.41, 5.74) is 3.10. The number of carbonyl (C=O) groups is 1. The summed E-state index contributed by atoms with van der Waals surface area (Å²) >= 11 is 6.09. The number of nitrogens with one attached hydrogen (secondary N) is 2. The quantitative estimate of drug-likeness (QED) is 0.310. The molecule has 0 spiro atoms. The Kier molecular flexibility index (Phi) is 6.92. The molecular weight excluding hydrogens is 433 g/mol. The first-order chi connectivity index (χ1) is 14.7. The Morgan fingerprint density at radius 3 is 2.45 bits per heavy atom. The van der Waals surface area contributed by atoms with Crippen LogP contribution in [0.1, 0.15) is 30.7 Å². The number of hydrogen-bond donors (Lipinski definition) is 4. The molecule has 31 heavy (non-hydrogen) atoms. The van der Waals surface area contributed by atoms with Crippen molar-refractivity contribution in [1.29, 1.82) is 0 Å². The largest absolute Gasteiger partial charge is 0.506 e. The normalized spacial score (nSPS) is 12.5. The van der Waals surface area contributed by atoms with Crippen LogP contribution in [0.3, 0.4) is 0 Å². The van der Waals surface area contributed by atoms with E-state index in [2.05, 4.69) is 5.32 Å². The first kappa shape index (κ1) is 22.7. The molecule has 3 aromatic rings. The molecule has 3 rings (SSSR count). The highest BCUT2D eigenvalue weighted by atomic mass is 35.5. The minimum atomic E-state index is -4.35. The van der Waals surface area contributed by atoms with Gasteiger partial charge in [0.2, 0.25) is 5.91 Å². The highest BCUT2D eigenvalue weighted by Crippen LogP contribution is 2.36. The third-order valence-electron chi connectivity index (χ3n) is 4.96. The van der Waals surface area contributed by atoms with E-state index in [0.717, 1.165) is 0 Å². The second-order valence-electron chi connectivity index (χ2n) is 7.14. The third-order valence-corrected chi connectivity index (χ3v) is 5.36. The summed E-state index contributed by atoms with van der Waals surface area (Å²) in [4.78, 5) is 12.6. The SMILES string of the molecule is O=C(CC(CCC(F)(F)F)c1ccc2c(Cl)c(O)ccc2c1)Nc1ccccc1NO. The topological polar surface area (TPSA) is 81.6 Å². The van der Waals surface area contributed by atoms with Crippen LogP contribution in [-0.2, 0) is 4.79 Å². The average Bonchev–Trinajstić information content (AvgIpc) is 2.73. The van der Waals surface area contributed by atoms with Crippen molar-refractivity contribution in [2.45, 2.75) is 31.4 Å². The van der Waals surface area contributed by atoms with Gasteiger partial charge in [0, 0.05) is 18.2 Å². The Balaban J connectivity index is 1.86. The smallest absolute Gasteiger partial charge is 0.389 e. The Hall–Kier alpha value is -2.97. The summed E-state index contributed by atoms with van der Waals surface area (Å²) in [5.74, 6) is -1.28. The third kappa shape index (κ3) is 5.80. The maximum absolute atomic E-state index is 12.9. The fraction of sp³-hybridized carbons (Fsp3) is 0.227. The van der Waals surface area contributed by atoms with Gasteiger partial charge in [-0.2, -0.15) is 13.2 Å². The summed E-state index contributed by atoms with van der Waals surface area (Å²) in [7, 11) is 0. The number of fused-ring (bicyclic) bond motifs is 1. The van der Waals surface area contributed by atoms with Crippen LogP contribution in [0.2, 0.25) is 5.02 Å². The molecule has 0 aliphatic carbocycles. The van der Waals surface area contributed by atoms with Gasteiger partial charge in [0.05, 0.1) is 16.4 Å². The van der Waals surface area contributed by atoms with Gasteiger partial charge in [0.25, 0.3) is 0 Å². The Bertz CT molecular complexity index is 1090. The van der Waals surface area contributed by atoms with E-state index in [9.17, 15) is 23.1 Å². The van der Waals surface area contributed by atoms with E-state index < -0.39 is 24.4 Å². The number of alkyl halides is 3. The lowest BCUT2D eigenvalue weighted by molar-refractivity contribution is -0.137. The van der Waals surface area contributed by atoms with Gasteiger partial charge in [-0.05, 0) is 41.5 Å². The lowest BCUT2D eigenvalue weighted by atomic mass is 9.89. The highest BCUT2D eigenvalue weighted by Gasteiger charge is 2.29. The van der Waals surface area contributed by atoms with Gasteiger partial charge in [-0.15, -0.1) is 0 Å². The molecule has 5 nitrogen and oxygen atoms in total. The molecule has 0 saturated carbocycles. The van der Waals surface area contributed by atoms with Crippen LogP contribution >= 0.6 is 11.6 Å². The predicted molar refractivity (Wildman–Crippen MR) is 114 cm³/mol. The van der Waals surface area contributed by atoms with Crippen molar-refractivity contribution in [1.82, 2.24) is 0 Å². The van der Waals surface area contributed by atoms with Gasteiger partial charge in [0.1, 0.15) is 5.75 Å². The van der Waals surface area contributed by atoms with Gasteiger partial charge in [0.15, 0.2) is 0 Å². The van der Waals surface area contributed by atoms with Crippen molar-refractivity contribution in [3.63, 3.8) is 0 Å². The van der Waals surface area contributed by atoms with Gasteiger partial charge >= 0.3 is 6.18 Å². The average molecular weight is 453 g/mol. The van der Waals surface area contributed by atoms with E-state index in [1.54, 1.807) is 48.5 Å². The molecule has 9 heteroatoms. The van der Waals surface area contributed by atoms with E-state index in [4.69, 9.17) is 16.8 Å². The Labute approximate surface area is 181 Å². The standard InChI is InChI=1S/C22H20ClF3N2O3/c23-21-16-7-5-13(11-15(16)6-8-19(21)29)14(9-10-22(24,25)26)12-20(30)27-17-3-1-2-4-18(17)28-31/h1-8,11,14,28-29,31H,9-10,12H2,(H,27,30). The molecule has 0 fully saturated rings. The number of benzene rings is 3. The zero-order valence-corrected chi connectivity index (χ0v) is 17.0. The molecule has 3 aromatic carbocycles. The van der Waals surface area contributed by atoms with Crippen molar-refractivity contribution in [2.75, 3.05) is 10.8 Å². The van der Waals surface area contributed by atoms with Crippen molar-refractivity contribution in [3.8, 4) is 5.75 Å². The van der Waals surface area contributed by atoms with Crippen LogP contribution in [0.25, 0.3) is 10.8 Å². The van der Waals surface area contributed by atoms with Crippen LogP contribution in [0.4, 0.5) is 24.5 Å². The molecule has 1 atom stereocenters. The molecule has 0 aliphatic heterocycles. The second-order valence-corrected chi connectivity index (χ2v) is 7.52. The number of anilines is 2. The first-order valence-electron chi connectivity index (χ1n) is 9.45. The van der Waals surface area contributed by atoms with Gasteiger partial charge in [-0.1, -0.05) is 48.0 Å². The fourth-order valence-corrected chi connectivity index (χ4v) is 3.63. The monoisotopic (exact) mass is 452 g/mol. The second kappa shape index (κ2) is 9.45. The van der Waals surface area contributed by atoms with Crippen molar-refractivity contribution >= 4 is 39.7 Å². The Morgan fingerprint density at radius 2 is 1.77 bits per heavy atom. The molecule has 1 unspecified atom stereocenters. The predicted octanol–water partition coefficient (Wildman–Crippen LogP) is 6.45. The zero-order chi connectivity index (χ0) is 22.6. The maximum atomic E-state index is 12.9. The lowest BCUT2D eigenvalue weighted by Gasteiger charge is -2.19. The summed E-state index contributed by atoms with van der Waals surface area (Å²) < 4.78 is 38.6. The minimum absolute atomic E-state index is 0.0916. The van der Waals surface area contributed by atoms with E-state index in [1.807, 2.05) is 5.48 Å². The number of amides is 1. The summed E-state index contributed by atoms with van der Waals surface area (Å²) in [6.07, 6.45) is -5.84. The molecule has 0 aliphatic rings. The maximum Gasteiger partial charge on any atom is 0.389 e. The van der Waals surface area contributed by atoms with Gasteiger partial charge < -0.3 is 10.4 Å². The number of halogens is 4. The highest BCUT2D eigenvalue weighted by molar-refractivity contribution is 6.37. The number of phenols is 1. The molecule has 0 aromatic heterocycles. The Morgan fingerprint density at radius 1 is 1.06 bits per heavy atom. The minimum Gasteiger partial charge on any atom is -0.506 e. The summed E-state index contributed by atoms with van der Waals surface area (Å²) in [6, 6.07) is 14.3. The van der Waals surface area contributed by atoms with Crippen LogP contribution in [0, 0.1) is 0 Å². The fourth-order valence-electron chi connectivity index (χ4n) is 3.39. The number of hydrogen-bond acceptors (Lipinski definition) is 4. The first-order valence-corrected chi connectivity index (χ1v) is 9.82. The van der Waals surface area contributed by atoms with E-state index >= 15 is 0 Å². The van der Waals surface area contributed by atoms with Crippen molar-refractivity contribution in [2.24, 2.45) is 0 Å². The van der Waals surface area contributed by atoms with Gasteiger partial charge in [-0.3, -0.25) is 15.5 Å². The van der Waals surface area contributed by atoms with E-state index in [1.165, 1.54) is 6.07 Å². The van der Waals surface area contributed by atoms with Crippen LogP contribution in [-0.4, -0.2) is 22.4 Å².